The fourth-order valence-corrected chi connectivity index (χ4v) is 2.27. The molecule has 1 aliphatic carbocycles. The predicted octanol–water partition coefficient (Wildman–Crippen LogP) is -1.24. The van der Waals surface area contributed by atoms with E-state index in [-0.39, 0.29) is 18.9 Å². The van der Waals surface area contributed by atoms with Gasteiger partial charge in [-0.15, -0.1) is 0 Å². The first-order chi connectivity index (χ1) is 8.51. The smallest absolute Gasteiger partial charge is 0.220 e. The molecule has 0 aliphatic heterocycles. The van der Waals surface area contributed by atoms with Gasteiger partial charge in [-0.2, -0.15) is 0 Å². The third-order valence-electron chi connectivity index (χ3n) is 3.48. The first kappa shape index (κ1) is 15.4. The molecule has 1 fully saturated rings. The summed E-state index contributed by atoms with van der Waals surface area (Å²) < 4.78 is 0. The molecule has 6 nitrogen and oxygen atoms in total. The van der Waals surface area contributed by atoms with Gasteiger partial charge in [0.2, 0.25) is 5.91 Å². The van der Waals surface area contributed by atoms with E-state index >= 15 is 0 Å². The molecule has 1 aliphatic rings. The van der Waals surface area contributed by atoms with Crippen LogP contribution in [0.2, 0.25) is 0 Å². The summed E-state index contributed by atoms with van der Waals surface area (Å²) in [5, 5.41) is 41.0. The predicted molar refractivity (Wildman–Crippen MR) is 64.7 cm³/mol. The van der Waals surface area contributed by atoms with Crippen LogP contribution in [0.5, 0.6) is 0 Å². The molecule has 0 heterocycles. The standard InChI is InChI=1S/C12H23NO5/c1-2-3-4-9(16)13-10-8(15)5-7(6-14)11(17)12(10)18/h7-8,10-12,14-15,17-18H,2-6H2,1H3,(H,13,16)/t7?,8?,10-,11-,12?/m0/s1. The van der Waals surface area contributed by atoms with Crippen molar-refractivity contribution in [3.05, 3.63) is 0 Å². The van der Waals surface area contributed by atoms with Gasteiger partial charge in [-0.1, -0.05) is 13.3 Å². The zero-order chi connectivity index (χ0) is 13.7. The maximum atomic E-state index is 11.6. The van der Waals surface area contributed by atoms with E-state index in [0.29, 0.717) is 6.42 Å². The molecule has 1 saturated carbocycles. The summed E-state index contributed by atoms with van der Waals surface area (Å²) in [4.78, 5) is 11.6. The molecular weight excluding hydrogens is 238 g/mol. The van der Waals surface area contributed by atoms with Crippen molar-refractivity contribution in [1.82, 2.24) is 5.32 Å². The Labute approximate surface area is 107 Å². The molecule has 0 radical (unpaired) electrons. The van der Waals surface area contributed by atoms with Gasteiger partial charge in [0.05, 0.1) is 18.2 Å². The molecule has 106 valence electrons. The van der Waals surface area contributed by atoms with Crippen molar-refractivity contribution >= 4 is 5.91 Å². The average Bonchev–Trinajstić information content (AvgIpc) is 2.36. The second kappa shape index (κ2) is 7.04. The summed E-state index contributed by atoms with van der Waals surface area (Å²) in [7, 11) is 0. The normalized spacial score (nSPS) is 36.4. The Morgan fingerprint density at radius 3 is 2.50 bits per heavy atom. The number of hydrogen-bond acceptors (Lipinski definition) is 5. The highest BCUT2D eigenvalue weighted by Crippen LogP contribution is 2.25. The molecule has 0 saturated heterocycles. The van der Waals surface area contributed by atoms with Crippen LogP contribution in [0.15, 0.2) is 0 Å². The van der Waals surface area contributed by atoms with E-state index in [1.165, 1.54) is 0 Å². The van der Waals surface area contributed by atoms with Crippen LogP contribution in [0.3, 0.4) is 0 Å². The molecule has 18 heavy (non-hydrogen) atoms. The van der Waals surface area contributed by atoms with E-state index in [0.717, 1.165) is 12.8 Å². The van der Waals surface area contributed by atoms with Crippen LogP contribution in [-0.4, -0.2) is 57.3 Å². The van der Waals surface area contributed by atoms with Gasteiger partial charge in [-0.3, -0.25) is 4.79 Å². The molecule has 3 unspecified atom stereocenters. The third kappa shape index (κ3) is 3.65. The van der Waals surface area contributed by atoms with Crippen molar-refractivity contribution in [2.24, 2.45) is 5.92 Å². The monoisotopic (exact) mass is 261 g/mol. The molecule has 5 atom stereocenters. The highest BCUT2D eigenvalue weighted by molar-refractivity contribution is 5.76. The lowest BCUT2D eigenvalue weighted by Gasteiger charge is -2.40. The molecule has 0 bridgehead atoms. The van der Waals surface area contributed by atoms with Gasteiger partial charge in [0, 0.05) is 18.9 Å². The van der Waals surface area contributed by atoms with Crippen molar-refractivity contribution in [2.75, 3.05) is 6.61 Å². The summed E-state index contributed by atoms with van der Waals surface area (Å²) in [6.45, 7) is 1.67. The number of amides is 1. The number of hydrogen-bond donors (Lipinski definition) is 5. The fraction of sp³-hybridized carbons (Fsp3) is 0.917. The highest BCUT2D eigenvalue weighted by atomic mass is 16.3. The van der Waals surface area contributed by atoms with Crippen molar-refractivity contribution in [1.29, 1.82) is 0 Å². The summed E-state index contributed by atoms with van der Waals surface area (Å²) in [5.41, 5.74) is 0. The van der Waals surface area contributed by atoms with Crippen molar-refractivity contribution in [3.8, 4) is 0 Å². The summed E-state index contributed by atoms with van der Waals surface area (Å²) >= 11 is 0. The number of unbranched alkanes of at least 4 members (excludes halogenated alkanes) is 1. The third-order valence-corrected chi connectivity index (χ3v) is 3.48. The lowest BCUT2D eigenvalue weighted by molar-refractivity contribution is -0.135. The molecular formula is C12H23NO5. The highest BCUT2D eigenvalue weighted by Gasteiger charge is 2.42. The van der Waals surface area contributed by atoms with E-state index in [1.54, 1.807) is 0 Å². The van der Waals surface area contributed by atoms with Crippen LogP contribution in [-0.2, 0) is 4.79 Å². The number of aliphatic hydroxyl groups is 4. The van der Waals surface area contributed by atoms with E-state index in [4.69, 9.17) is 5.11 Å². The number of nitrogens with one attached hydrogen (secondary N) is 1. The average molecular weight is 261 g/mol. The van der Waals surface area contributed by atoms with Crippen LogP contribution < -0.4 is 5.32 Å². The van der Waals surface area contributed by atoms with Crippen LogP contribution in [0.1, 0.15) is 32.6 Å². The Morgan fingerprint density at radius 1 is 1.28 bits per heavy atom. The number of carbonyl (C=O) groups excluding carboxylic acids is 1. The first-order valence-electron chi connectivity index (χ1n) is 6.45. The van der Waals surface area contributed by atoms with Crippen LogP contribution in [0, 0.1) is 5.92 Å². The zero-order valence-electron chi connectivity index (χ0n) is 10.6. The molecule has 0 aromatic heterocycles. The van der Waals surface area contributed by atoms with E-state index in [9.17, 15) is 20.1 Å². The van der Waals surface area contributed by atoms with Gasteiger partial charge in [0.25, 0.3) is 0 Å². The molecule has 0 aromatic carbocycles. The Hall–Kier alpha value is -0.690. The molecule has 1 rings (SSSR count). The molecule has 0 spiro atoms. The maximum Gasteiger partial charge on any atom is 0.220 e. The number of carbonyl (C=O) groups is 1. The summed E-state index contributed by atoms with van der Waals surface area (Å²) in [6, 6.07) is -0.868. The Kier molecular flexibility index (Phi) is 6.01. The van der Waals surface area contributed by atoms with Gasteiger partial charge in [0.1, 0.15) is 6.10 Å². The lowest BCUT2D eigenvalue weighted by Crippen LogP contribution is -2.61. The molecule has 6 heteroatoms. The summed E-state index contributed by atoms with van der Waals surface area (Å²) in [6.07, 6.45) is -1.21. The van der Waals surface area contributed by atoms with Gasteiger partial charge < -0.3 is 25.7 Å². The van der Waals surface area contributed by atoms with E-state index in [1.807, 2.05) is 6.92 Å². The fourth-order valence-electron chi connectivity index (χ4n) is 2.27. The van der Waals surface area contributed by atoms with E-state index in [2.05, 4.69) is 5.32 Å². The topological polar surface area (TPSA) is 110 Å². The molecule has 1 amide bonds. The number of rotatable bonds is 5. The van der Waals surface area contributed by atoms with Gasteiger partial charge >= 0.3 is 0 Å². The largest absolute Gasteiger partial charge is 0.396 e. The lowest BCUT2D eigenvalue weighted by atomic mass is 9.79. The van der Waals surface area contributed by atoms with Crippen LogP contribution in [0.25, 0.3) is 0 Å². The maximum absolute atomic E-state index is 11.6. The van der Waals surface area contributed by atoms with Crippen molar-refractivity contribution in [2.45, 2.75) is 57.0 Å². The quantitative estimate of drug-likeness (QED) is 0.425. The second-order valence-electron chi connectivity index (χ2n) is 4.92. The van der Waals surface area contributed by atoms with Crippen molar-refractivity contribution in [3.63, 3.8) is 0 Å². The Bertz CT molecular complexity index is 273. The Balaban J connectivity index is 2.57. The Morgan fingerprint density at radius 2 is 1.94 bits per heavy atom. The van der Waals surface area contributed by atoms with Gasteiger partial charge in [-0.25, -0.2) is 0 Å². The minimum atomic E-state index is -1.25. The molecule has 5 N–H and O–H groups in total. The minimum Gasteiger partial charge on any atom is -0.396 e. The summed E-state index contributed by atoms with van der Waals surface area (Å²) in [5.74, 6) is -0.798. The second-order valence-corrected chi connectivity index (χ2v) is 4.92. The first-order valence-corrected chi connectivity index (χ1v) is 6.45. The SMILES string of the molecule is CCCCC(=O)N[C@H]1C(O)CC(CO)[C@H](O)C1O. The minimum absolute atomic E-state index is 0.160. The molecule has 0 aromatic rings. The van der Waals surface area contributed by atoms with Gasteiger partial charge in [-0.05, 0) is 12.8 Å². The number of aliphatic hydroxyl groups excluding tert-OH is 4. The zero-order valence-corrected chi connectivity index (χ0v) is 10.6. The van der Waals surface area contributed by atoms with Crippen LogP contribution in [0.4, 0.5) is 0 Å². The van der Waals surface area contributed by atoms with E-state index < -0.39 is 30.3 Å². The van der Waals surface area contributed by atoms with Gasteiger partial charge in [0.15, 0.2) is 0 Å². The van der Waals surface area contributed by atoms with Crippen LogP contribution >= 0.6 is 0 Å². The van der Waals surface area contributed by atoms with Crippen molar-refractivity contribution < 1.29 is 25.2 Å².